The van der Waals surface area contributed by atoms with Crippen LogP contribution in [0.2, 0.25) is 0 Å². The molecule has 3 saturated heterocycles. The van der Waals surface area contributed by atoms with Crippen molar-refractivity contribution in [2.45, 2.75) is 81.0 Å². The first kappa shape index (κ1) is 22.0. The zero-order valence-electron chi connectivity index (χ0n) is 19.6. The minimum atomic E-state index is -1.52. The minimum Gasteiger partial charge on any atom is -0.385 e. The zero-order chi connectivity index (χ0) is 22.7. The van der Waals surface area contributed by atoms with E-state index < -0.39 is 11.3 Å². The molecule has 3 heterocycles. The fourth-order valence-electron chi connectivity index (χ4n) is 7.12. The van der Waals surface area contributed by atoms with E-state index in [0.717, 1.165) is 51.0 Å². The molecule has 1 unspecified atom stereocenters. The Hall–Kier alpha value is -1.50. The standard InChI is InChI=1S/C27H37FN2O3/c28-26(9-10-26)24(31)30-18-25(19-30)8-5-21(17-25)29-13-6-20(7-14-29)22-3-1-2-4-23(22)27(32)11-15-33-16-12-27/h1-4,20-21,32H,5-19H2. The summed E-state index contributed by atoms with van der Waals surface area (Å²) in [5, 5.41) is 11.3. The molecule has 0 aromatic heterocycles. The molecule has 0 bridgehead atoms. The van der Waals surface area contributed by atoms with Gasteiger partial charge in [-0.2, -0.15) is 0 Å². The van der Waals surface area contributed by atoms with Gasteiger partial charge in [-0.15, -0.1) is 0 Å². The van der Waals surface area contributed by atoms with Gasteiger partial charge < -0.3 is 19.6 Å². The molecule has 33 heavy (non-hydrogen) atoms. The number of carbonyl (C=O) groups is 1. The third-order valence-electron chi connectivity index (χ3n) is 9.36. The summed E-state index contributed by atoms with van der Waals surface area (Å²) in [5.74, 6) is 0.248. The number of hydrogen-bond donors (Lipinski definition) is 1. The molecule has 0 radical (unpaired) electrons. The normalized spacial score (nSPS) is 30.8. The van der Waals surface area contributed by atoms with Crippen molar-refractivity contribution >= 4 is 5.91 Å². The molecule has 1 aromatic rings. The Morgan fingerprint density at radius 2 is 1.70 bits per heavy atom. The van der Waals surface area contributed by atoms with E-state index in [-0.39, 0.29) is 11.3 Å². The van der Waals surface area contributed by atoms with Gasteiger partial charge >= 0.3 is 0 Å². The van der Waals surface area contributed by atoms with E-state index >= 15 is 0 Å². The summed E-state index contributed by atoms with van der Waals surface area (Å²) in [6, 6.07) is 9.12. The molecule has 180 valence electrons. The fourth-order valence-corrected chi connectivity index (χ4v) is 7.12. The second kappa shape index (κ2) is 8.03. The molecule has 6 heteroatoms. The Labute approximate surface area is 196 Å². The summed E-state index contributed by atoms with van der Waals surface area (Å²) in [6.07, 6.45) is 7.96. The highest BCUT2D eigenvalue weighted by molar-refractivity contribution is 5.88. The lowest BCUT2D eigenvalue weighted by Gasteiger charge is -2.49. The van der Waals surface area contributed by atoms with Gasteiger partial charge in [0.05, 0.1) is 5.60 Å². The van der Waals surface area contributed by atoms with Crippen LogP contribution in [0.5, 0.6) is 0 Å². The number of alkyl halides is 1. The number of benzene rings is 1. The number of nitrogens with zero attached hydrogens (tertiary/aromatic N) is 2. The summed E-state index contributed by atoms with van der Waals surface area (Å²) in [5.41, 5.74) is 0.414. The summed E-state index contributed by atoms with van der Waals surface area (Å²) >= 11 is 0. The SMILES string of the molecule is O=C(N1CC2(CCC(N3CCC(c4ccccc4C4(O)CCOCC4)CC3)C2)C1)C1(F)CC1. The van der Waals surface area contributed by atoms with Gasteiger partial charge in [0.25, 0.3) is 5.91 Å². The fraction of sp³-hybridized carbons (Fsp3) is 0.741. The largest absolute Gasteiger partial charge is 0.385 e. The lowest BCUT2D eigenvalue weighted by atomic mass is 9.77. The minimum absolute atomic E-state index is 0.237. The number of hydrogen-bond acceptors (Lipinski definition) is 4. The Balaban J connectivity index is 1.05. The first-order valence-corrected chi connectivity index (χ1v) is 13.0. The van der Waals surface area contributed by atoms with Gasteiger partial charge in [0.1, 0.15) is 0 Å². The number of aliphatic hydroxyl groups is 1. The molecule has 2 saturated carbocycles. The van der Waals surface area contributed by atoms with Crippen LogP contribution in [0.1, 0.15) is 74.8 Å². The maximum Gasteiger partial charge on any atom is 0.260 e. The Bertz CT molecular complexity index is 896. The van der Waals surface area contributed by atoms with E-state index in [4.69, 9.17) is 4.74 Å². The van der Waals surface area contributed by atoms with Crippen LogP contribution in [0, 0.1) is 5.41 Å². The molecule has 5 aliphatic rings. The molecule has 2 aliphatic carbocycles. The summed E-state index contributed by atoms with van der Waals surface area (Å²) in [7, 11) is 0. The zero-order valence-corrected chi connectivity index (χ0v) is 19.6. The maximum atomic E-state index is 14.1. The van der Waals surface area contributed by atoms with Crippen LogP contribution in [0.25, 0.3) is 0 Å². The van der Waals surface area contributed by atoms with Crippen LogP contribution in [0.4, 0.5) is 4.39 Å². The van der Waals surface area contributed by atoms with Crippen molar-refractivity contribution in [1.29, 1.82) is 0 Å². The second-order valence-electron chi connectivity index (χ2n) is 11.6. The maximum absolute atomic E-state index is 14.1. The van der Waals surface area contributed by atoms with Gasteiger partial charge in [-0.3, -0.25) is 4.79 Å². The van der Waals surface area contributed by atoms with Crippen molar-refractivity contribution in [2.75, 3.05) is 39.4 Å². The van der Waals surface area contributed by atoms with Gasteiger partial charge in [-0.05, 0) is 75.1 Å². The number of amides is 1. The van der Waals surface area contributed by atoms with Crippen LogP contribution in [0.3, 0.4) is 0 Å². The highest BCUT2D eigenvalue weighted by atomic mass is 19.1. The Kier molecular flexibility index (Phi) is 5.35. The number of ether oxygens (including phenoxy) is 1. The van der Waals surface area contributed by atoms with Crippen LogP contribution in [-0.2, 0) is 15.1 Å². The van der Waals surface area contributed by atoms with Gasteiger partial charge in [0.15, 0.2) is 5.67 Å². The van der Waals surface area contributed by atoms with Crippen molar-refractivity contribution in [3.05, 3.63) is 35.4 Å². The van der Waals surface area contributed by atoms with Crippen molar-refractivity contribution < 1.29 is 19.0 Å². The molecule has 1 aromatic carbocycles. The molecular weight excluding hydrogens is 419 g/mol. The molecular formula is C27H37FN2O3. The number of carbonyl (C=O) groups excluding carboxylic acids is 1. The highest BCUT2D eigenvalue weighted by Crippen LogP contribution is 2.51. The number of halogens is 1. The quantitative estimate of drug-likeness (QED) is 0.750. The predicted molar refractivity (Wildman–Crippen MR) is 124 cm³/mol. The van der Waals surface area contributed by atoms with E-state index in [9.17, 15) is 14.3 Å². The van der Waals surface area contributed by atoms with Crippen LogP contribution < -0.4 is 0 Å². The summed E-state index contributed by atoms with van der Waals surface area (Å²) < 4.78 is 19.6. The monoisotopic (exact) mass is 456 g/mol. The van der Waals surface area contributed by atoms with Crippen LogP contribution in [-0.4, -0.2) is 71.9 Å². The van der Waals surface area contributed by atoms with E-state index in [1.54, 1.807) is 4.90 Å². The van der Waals surface area contributed by atoms with E-state index in [1.807, 2.05) is 0 Å². The second-order valence-corrected chi connectivity index (χ2v) is 11.6. The van der Waals surface area contributed by atoms with Gasteiger partial charge in [-0.25, -0.2) is 4.39 Å². The topological polar surface area (TPSA) is 53.0 Å². The molecule has 1 N–H and O–H groups in total. The van der Waals surface area contributed by atoms with Crippen LogP contribution in [0.15, 0.2) is 24.3 Å². The first-order chi connectivity index (χ1) is 15.9. The molecule has 5 nitrogen and oxygen atoms in total. The van der Waals surface area contributed by atoms with Crippen LogP contribution >= 0.6 is 0 Å². The molecule has 1 atom stereocenters. The van der Waals surface area contributed by atoms with E-state index in [1.165, 1.54) is 18.4 Å². The molecule has 6 rings (SSSR count). The Morgan fingerprint density at radius 3 is 2.39 bits per heavy atom. The number of likely N-dealkylation sites (tertiary alicyclic amines) is 2. The predicted octanol–water partition coefficient (Wildman–Crippen LogP) is 3.75. The molecule has 1 spiro atoms. The van der Waals surface area contributed by atoms with Gasteiger partial charge in [-0.1, -0.05) is 24.3 Å². The smallest absolute Gasteiger partial charge is 0.260 e. The summed E-state index contributed by atoms with van der Waals surface area (Å²) in [4.78, 5) is 16.7. The van der Waals surface area contributed by atoms with Crippen molar-refractivity contribution in [3.63, 3.8) is 0 Å². The van der Waals surface area contributed by atoms with Gasteiger partial charge in [0.2, 0.25) is 0 Å². The Morgan fingerprint density at radius 1 is 1.00 bits per heavy atom. The molecule has 1 amide bonds. The molecule has 5 fully saturated rings. The third-order valence-corrected chi connectivity index (χ3v) is 9.36. The third kappa shape index (κ3) is 3.92. The molecule has 3 aliphatic heterocycles. The van der Waals surface area contributed by atoms with Crippen molar-refractivity contribution in [2.24, 2.45) is 5.41 Å². The lowest BCUT2D eigenvalue weighted by molar-refractivity contribution is -0.150. The first-order valence-electron chi connectivity index (χ1n) is 13.0. The number of rotatable bonds is 4. The average molecular weight is 457 g/mol. The highest BCUT2D eigenvalue weighted by Gasteiger charge is 2.58. The van der Waals surface area contributed by atoms with E-state index in [0.29, 0.717) is 50.9 Å². The van der Waals surface area contributed by atoms with Gasteiger partial charge in [0, 0.05) is 50.6 Å². The number of piperidine rings is 1. The summed E-state index contributed by atoms with van der Waals surface area (Å²) in [6.45, 7) is 4.97. The average Bonchev–Trinajstić information content (AvgIpc) is 3.41. The van der Waals surface area contributed by atoms with Crippen molar-refractivity contribution in [1.82, 2.24) is 9.80 Å². The van der Waals surface area contributed by atoms with E-state index in [2.05, 4.69) is 29.2 Å². The lowest BCUT2D eigenvalue weighted by Crippen LogP contribution is -2.60. The van der Waals surface area contributed by atoms with Crippen molar-refractivity contribution in [3.8, 4) is 0 Å².